The van der Waals surface area contributed by atoms with Crippen LogP contribution in [0.15, 0.2) is 16.6 Å². The molecule has 0 saturated heterocycles. The largest absolute Gasteiger partial charge is 0.392 e. The highest BCUT2D eigenvalue weighted by atomic mass is 79.9. The number of hydrogen-bond donors (Lipinski definition) is 2. The van der Waals surface area contributed by atoms with Gasteiger partial charge < -0.3 is 10.2 Å². The van der Waals surface area contributed by atoms with Crippen molar-refractivity contribution in [1.82, 2.24) is 0 Å². The Morgan fingerprint density at radius 2 is 1.57 bits per heavy atom. The fraction of sp³-hybridized carbons (Fsp3) is 0.400. The number of aliphatic hydroxyl groups is 2. The second-order valence-corrected chi connectivity index (χ2v) is 3.21. The molecule has 0 aliphatic rings. The Morgan fingerprint density at radius 1 is 1.14 bits per heavy atom. The minimum atomic E-state index is -0.434. The first-order valence-corrected chi connectivity index (χ1v) is 5.17. The van der Waals surface area contributed by atoms with Gasteiger partial charge in [-0.2, -0.15) is 0 Å². The lowest BCUT2D eigenvalue weighted by molar-refractivity contribution is 0.259. The van der Waals surface area contributed by atoms with Crippen LogP contribution in [0.1, 0.15) is 25.0 Å². The van der Waals surface area contributed by atoms with Crippen LogP contribution in [0, 0.1) is 5.82 Å². The van der Waals surface area contributed by atoms with Crippen LogP contribution in [-0.2, 0) is 13.2 Å². The molecule has 0 saturated carbocycles. The molecule has 1 aromatic rings. The summed E-state index contributed by atoms with van der Waals surface area (Å²) < 4.78 is 13.1. The minimum Gasteiger partial charge on any atom is -0.392 e. The Labute approximate surface area is 91.5 Å². The van der Waals surface area contributed by atoms with Crippen LogP contribution < -0.4 is 0 Å². The van der Waals surface area contributed by atoms with E-state index in [1.54, 1.807) is 0 Å². The summed E-state index contributed by atoms with van der Waals surface area (Å²) in [6.07, 6.45) is 0. The summed E-state index contributed by atoms with van der Waals surface area (Å²) in [5.41, 5.74) is 0.948. The number of rotatable bonds is 2. The molecule has 0 atom stereocenters. The zero-order chi connectivity index (χ0) is 11.1. The van der Waals surface area contributed by atoms with Crippen LogP contribution in [0.5, 0.6) is 0 Å². The molecule has 1 rings (SSSR count). The Bertz CT molecular complexity index is 261. The molecule has 0 unspecified atom stereocenters. The van der Waals surface area contributed by atoms with Gasteiger partial charge in [-0.3, -0.25) is 0 Å². The molecule has 0 aliphatic carbocycles. The summed E-state index contributed by atoms with van der Waals surface area (Å²) in [4.78, 5) is 0. The van der Waals surface area contributed by atoms with Gasteiger partial charge in [-0.1, -0.05) is 13.8 Å². The Kier molecular flexibility index (Phi) is 6.70. The van der Waals surface area contributed by atoms with Crippen molar-refractivity contribution < 1.29 is 14.6 Å². The molecule has 4 heteroatoms. The molecule has 2 N–H and O–H groups in total. The maximum atomic E-state index is 12.8. The quantitative estimate of drug-likeness (QED) is 0.862. The summed E-state index contributed by atoms with van der Waals surface area (Å²) >= 11 is 2.98. The number of benzene rings is 1. The zero-order valence-corrected chi connectivity index (χ0v) is 9.81. The standard InChI is InChI=1S/C8H8BrFO2.C2H6/c9-7-1-5(3-11)6(4-12)2-8(7)10;1-2/h1-2,11-12H,3-4H2;1-2H3. The van der Waals surface area contributed by atoms with Crippen LogP contribution in [0.4, 0.5) is 4.39 Å². The Morgan fingerprint density at radius 3 is 2.00 bits per heavy atom. The maximum absolute atomic E-state index is 12.8. The summed E-state index contributed by atoms with van der Waals surface area (Å²) in [7, 11) is 0. The molecule has 0 radical (unpaired) electrons. The predicted molar refractivity (Wildman–Crippen MR) is 57.3 cm³/mol. The molecule has 2 nitrogen and oxygen atoms in total. The normalized spacial score (nSPS) is 9.29. The minimum absolute atomic E-state index is 0.200. The molecule has 14 heavy (non-hydrogen) atoms. The molecular formula is C10H14BrFO2. The van der Waals surface area contributed by atoms with Crippen molar-refractivity contribution in [2.45, 2.75) is 27.1 Å². The van der Waals surface area contributed by atoms with E-state index >= 15 is 0 Å². The summed E-state index contributed by atoms with van der Waals surface area (Å²) in [6.45, 7) is 3.54. The van der Waals surface area contributed by atoms with E-state index in [0.717, 1.165) is 0 Å². The van der Waals surface area contributed by atoms with E-state index in [9.17, 15) is 4.39 Å². The van der Waals surface area contributed by atoms with Gasteiger partial charge >= 0.3 is 0 Å². The summed E-state index contributed by atoms with van der Waals surface area (Å²) in [6, 6.07) is 2.66. The second kappa shape index (κ2) is 6.92. The maximum Gasteiger partial charge on any atom is 0.137 e. The lowest BCUT2D eigenvalue weighted by Gasteiger charge is -2.05. The SMILES string of the molecule is CC.OCc1cc(F)c(Br)cc1CO. The molecule has 0 amide bonds. The molecule has 0 fully saturated rings. The molecule has 0 bridgehead atoms. The van der Waals surface area contributed by atoms with Gasteiger partial charge in [-0.15, -0.1) is 0 Å². The third-order valence-electron chi connectivity index (χ3n) is 1.58. The fourth-order valence-corrected chi connectivity index (χ4v) is 1.31. The van der Waals surface area contributed by atoms with E-state index in [-0.39, 0.29) is 13.2 Å². The molecule has 0 spiro atoms. The van der Waals surface area contributed by atoms with Gasteiger partial charge in [0, 0.05) is 0 Å². The average Bonchev–Trinajstić information content (AvgIpc) is 2.24. The van der Waals surface area contributed by atoms with E-state index in [1.165, 1.54) is 12.1 Å². The smallest absolute Gasteiger partial charge is 0.137 e. The first-order valence-electron chi connectivity index (χ1n) is 4.37. The van der Waals surface area contributed by atoms with Crippen LogP contribution in [0.3, 0.4) is 0 Å². The number of halogens is 2. The fourth-order valence-electron chi connectivity index (χ4n) is 0.924. The monoisotopic (exact) mass is 264 g/mol. The van der Waals surface area contributed by atoms with Crippen molar-refractivity contribution in [1.29, 1.82) is 0 Å². The average molecular weight is 265 g/mol. The van der Waals surface area contributed by atoms with Crippen LogP contribution >= 0.6 is 15.9 Å². The van der Waals surface area contributed by atoms with Gasteiger partial charge in [-0.05, 0) is 39.2 Å². The highest BCUT2D eigenvalue weighted by molar-refractivity contribution is 9.10. The molecule has 0 heterocycles. The van der Waals surface area contributed by atoms with E-state index in [4.69, 9.17) is 10.2 Å². The molecule has 1 aromatic carbocycles. The second-order valence-electron chi connectivity index (χ2n) is 2.35. The van der Waals surface area contributed by atoms with E-state index < -0.39 is 5.82 Å². The van der Waals surface area contributed by atoms with Crippen molar-refractivity contribution in [3.05, 3.63) is 33.5 Å². The predicted octanol–water partition coefficient (Wildman–Crippen LogP) is 2.60. The first kappa shape index (κ1) is 13.5. The number of hydrogen-bond acceptors (Lipinski definition) is 2. The summed E-state index contributed by atoms with van der Waals surface area (Å²) in [5.74, 6) is -0.434. The van der Waals surface area contributed by atoms with Crippen LogP contribution in [-0.4, -0.2) is 10.2 Å². The van der Waals surface area contributed by atoms with Crippen molar-refractivity contribution in [2.24, 2.45) is 0 Å². The van der Waals surface area contributed by atoms with Gasteiger partial charge in [0.2, 0.25) is 0 Å². The van der Waals surface area contributed by atoms with Crippen molar-refractivity contribution in [3.8, 4) is 0 Å². The van der Waals surface area contributed by atoms with Crippen molar-refractivity contribution in [2.75, 3.05) is 0 Å². The van der Waals surface area contributed by atoms with Gasteiger partial charge in [0.15, 0.2) is 0 Å². The Hall–Kier alpha value is -0.450. The lowest BCUT2D eigenvalue weighted by atomic mass is 10.1. The number of aliphatic hydroxyl groups excluding tert-OH is 2. The molecular weight excluding hydrogens is 251 g/mol. The first-order chi connectivity index (χ1) is 6.69. The molecule has 0 aromatic heterocycles. The Balaban J connectivity index is 0.000000791. The zero-order valence-electron chi connectivity index (χ0n) is 8.22. The summed E-state index contributed by atoms with van der Waals surface area (Å²) in [5, 5.41) is 17.6. The molecule has 0 aliphatic heterocycles. The molecule has 80 valence electrons. The lowest BCUT2D eigenvalue weighted by Crippen LogP contribution is -1.95. The van der Waals surface area contributed by atoms with Crippen LogP contribution in [0.25, 0.3) is 0 Å². The van der Waals surface area contributed by atoms with Crippen LogP contribution in [0.2, 0.25) is 0 Å². The topological polar surface area (TPSA) is 40.5 Å². The van der Waals surface area contributed by atoms with E-state index in [0.29, 0.717) is 15.6 Å². The van der Waals surface area contributed by atoms with Gasteiger partial charge in [0.05, 0.1) is 17.7 Å². The van der Waals surface area contributed by atoms with E-state index in [1.807, 2.05) is 13.8 Å². The van der Waals surface area contributed by atoms with Gasteiger partial charge in [0.1, 0.15) is 5.82 Å². The third kappa shape index (κ3) is 3.36. The van der Waals surface area contributed by atoms with Gasteiger partial charge in [-0.25, -0.2) is 4.39 Å². The third-order valence-corrected chi connectivity index (χ3v) is 2.19. The van der Waals surface area contributed by atoms with Gasteiger partial charge in [0.25, 0.3) is 0 Å². The highest BCUT2D eigenvalue weighted by Crippen LogP contribution is 2.20. The van der Waals surface area contributed by atoms with Crippen molar-refractivity contribution in [3.63, 3.8) is 0 Å². The van der Waals surface area contributed by atoms with E-state index in [2.05, 4.69) is 15.9 Å². The highest BCUT2D eigenvalue weighted by Gasteiger charge is 2.06. The van der Waals surface area contributed by atoms with Crippen molar-refractivity contribution >= 4 is 15.9 Å².